The number of hydrogen-bond acceptors (Lipinski definition) is 3. The zero-order valence-corrected chi connectivity index (χ0v) is 10.4. The number of hydrogen-bond donors (Lipinski definition) is 1. The molecule has 1 N–H and O–H groups in total. The smallest absolute Gasteiger partial charge is 0.239 e. The van der Waals surface area contributed by atoms with E-state index in [0.29, 0.717) is 17.0 Å². The van der Waals surface area contributed by atoms with E-state index in [1.54, 1.807) is 18.2 Å². The largest absolute Gasteiger partial charge is 0.489 e. The van der Waals surface area contributed by atoms with Gasteiger partial charge in [-0.15, -0.1) is 11.6 Å². The molecule has 0 aliphatic carbocycles. The maximum atomic E-state index is 11.2. The predicted octanol–water partition coefficient (Wildman–Crippen LogP) is 2.52. The molecule has 0 aromatic heterocycles. The van der Waals surface area contributed by atoms with E-state index >= 15 is 0 Å². The molecule has 0 saturated heterocycles. The van der Waals surface area contributed by atoms with Crippen molar-refractivity contribution in [1.82, 2.24) is 0 Å². The number of ether oxygens (including phenoxy) is 1. The molecule has 0 bridgehead atoms. The Bertz CT molecular complexity index is 452. The second-order valence-electron chi connectivity index (χ2n) is 3.67. The van der Waals surface area contributed by atoms with Gasteiger partial charge in [-0.3, -0.25) is 4.79 Å². The van der Waals surface area contributed by atoms with Crippen LogP contribution < -0.4 is 10.1 Å². The highest BCUT2D eigenvalue weighted by atomic mass is 35.5. The third kappa shape index (κ3) is 3.97. The molecule has 0 fully saturated rings. The number of nitrogens with zero attached hydrogens (tertiary/aromatic N) is 1. The van der Waals surface area contributed by atoms with E-state index in [9.17, 15) is 4.79 Å². The maximum Gasteiger partial charge on any atom is 0.239 e. The van der Waals surface area contributed by atoms with Crippen LogP contribution in [0.1, 0.15) is 19.4 Å². The summed E-state index contributed by atoms with van der Waals surface area (Å²) < 4.78 is 5.52. The first-order valence-electron chi connectivity index (χ1n) is 5.13. The molecular formula is C12H13ClN2O2. The van der Waals surface area contributed by atoms with Gasteiger partial charge in [0.05, 0.1) is 23.4 Å². The Hall–Kier alpha value is -1.73. The molecule has 0 aliphatic heterocycles. The van der Waals surface area contributed by atoms with E-state index in [0.717, 1.165) is 0 Å². The van der Waals surface area contributed by atoms with Gasteiger partial charge in [0.25, 0.3) is 0 Å². The summed E-state index contributed by atoms with van der Waals surface area (Å²) in [4.78, 5) is 11.2. The van der Waals surface area contributed by atoms with Crippen LogP contribution in [0.2, 0.25) is 0 Å². The Morgan fingerprint density at radius 1 is 1.59 bits per heavy atom. The third-order valence-electron chi connectivity index (χ3n) is 1.87. The van der Waals surface area contributed by atoms with Crippen LogP contribution in [-0.2, 0) is 4.79 Å². The molecule has 1 aromatic rings. The van der Waals surface area contributed by atoms with E-state index in [1.807, 2.05) is 19.9 Å². The van der Waals surface area contributed by atoms with Crippen LogP contribution in [0, 0.1) is 11.3 Å². The number of nitrogens with one attached hydrogen (secondary N) is 1. The highest BCUT2D eigenvalue weighted by Gasteiger charge is 2.09. The van der Waals surface area contributed by atoms with Gasteiger partial charge < -0.3 is 10.1 Å². The lowest BCUT2D eigenvalue weighted by molar-refractivity contribution is -0.113. The molecule has 1 rings (SSSR count). The molecule has 5 heteroatoms. The minimum absolute atomic E-state index is 0.0457. The molecule has 1 amide bonds. The van der Waals surface area contributed by atoms with Gasteiger partial charge in [-0.1, -0.05) is 0 Å². The Kier molecular flexibility index (Phi) is 4.80. The average Bonchev–Trinajstić information content (AvgIpc) is 2.30. The van der Waals surface area contributed by atoms with Crippen LogP contribution in [0.3, 0.4) is 0 Å². The zero-order valence-electron chi connectivity index (χ0n) is 9.66. The van der Waals surface area contributed by atoms with E-state index in [1.165, 1.54) is 0 Å². The summed E-state index contributed by atoms with van der Waals surface area (Å²) in [5.41, 5.74) is 0.993. The molecular weight excluding hydrogens is 240 g/mol. The highest BCUT2D eigenvalue weighted by Crippen LogP contribution is 2.26. The number of rotatable bonds is 4. The molecule has 4 nitrogen and oxygen atoms in total. The van der Waals surface area contributed by atoms with E-state index in [2.05, 4.69) is 5.32 Å². The minimum Gasteiger partial charge on any atom is -0.489 e. The number of anilines is 1. The molecule has 0 unspecified atom stereocenters. The summed E-state index contributed by atoms with van der Waals surface area (Å²) in [6, 6.07) is 6.84. The molecule has 0 heterocycles. The van der Waals surface area contributed by atoms with Gasteiger partial charge in [-0.25, -0.2) is 0 Å². The quantitative estimate of drug-likeness (QED) is 0.838. The van der Waals surface area contributed by atoms with Crippen LogP contribution in [-0.4, -0.2) is 17.9 Å². The Labute approximate surface area is 105 Å². The summed E-state index contributed by atoms with van der Waals surface area (Å²) in [7, 11) is 0. The van der Waals surface area contributed by atoms with Crippen LogP contribution in [0.5, 0.6) is 5.75 Å². The SMILES string of the molecule is CC(C)Oc1cc(C#N)ccc1NC(=O)CCl. The number of carbonyl (C=O) groups is 1. The summed E-state index contributed by atoms with van der Waals surface area (Å²) in [5.74, 6) is 0.0312. The van der Waals surface area contributed by atoms with Crippen molar-refractivity contribution in [2.45, 2.75) is 20.0 Å². The molecule has 90 valence electrons. The number of carbonyl (C=O) groups excluding carboxylic acids is 1. The van der Waals surface area contributed by atoms with Crippen molar-refractivity contribution in [2.75, 3.05) is 11.2 Å². The van der Waals surface area contributed by atoms with Gasteiger partial charge in [0, 0.05) is 6.07 Å². The maximum absolute atomic E-state index is 11.2. The van der Waals surface area contributed by atoms with Gasteiger partial charge in [-0.2, -0.15) is 5.26 Å². The topological polar surface area (TPSA) is 62.1 Å². The first kappa shape index (κ1) is 13.3. The first-order chi connectivity index (χ1) is 8.06. The number of benzene rings is 1. The predicted molar refractivity (Wildman–Crippen MR) is 66.3 cm³/mol. The average molecular weight is 253 g/mol. The van der Waals surface area contributed by atoms with Crippen molar-refractivity contribution in [2.24, 2.45) is 0 Å². The lowest BCUT2D eigenvalue weighted by Crippen LogP contribution is -2.15. The second-order valence-corrected chi connectivity index (χ2v) is 3.94. The molecule has 1 aromatic carbocycles. The van der Waals surface area contributed by atoms with E-state index < -0.39 is 0 Å². The fourth-order valence-corrected chi connectivity index (χ4v) is 1.30. The minimum atomic E-state index is -0.315. The zero-order chi connectivity index (χ0) is 12.8. The summed E-state index contributed by atoms with van der Waals surface area (Å²) in [6.07, 6.45) is -0.0457. The molecule has 0 spiro atoms. The van der Waals surface area contributed by atoms with Crippen molar-refractivity contribution in [1.29, 1.82) is 5.26 Å². The lowest BCUT2D eigenvalue weighted by Gasteiger charge is -2.14. The number of nitriles is 1. The normalized spacial score (nSPS) is 9.82. The van der Waals surface area contributed by atoms with Crippen molar-refractivity contribution in [3.05, 3.63) is 23.8 Å². The van der Waals surface area contributed by atoms with E-state index in [4.69, 9.17) is 21.6 Å². The van der Waals surface area contributed by atoms with Gasteiger partial charge in [0.15, 0.2) is 0 Å². The highest BCUT2D eigenvalue weighted by molar-refractivity contribution is 6.29. The standard InChI is InChI=1S/C12H13ClN2O2/c1-8(2)17-11-5-9(7-14)3-4-10(11)15-12(16)6-13/h3-5,8H,6H2,1-2H3,(H,15,16). The van der Waals surface area contributed by atoms with Gasteiger partial charge >= 0.3 is 0 Å². The third-order valence-corrected chi connectivity index (χ3v) is 2.11. The van der Waals surface area contributed by atoms with E-state index in [-0.39, 0.29) is 17.9 Å². The van der Waals surface area contributed by atoms with Crippen molar-refractivity contribution < 1.29 is 9.53 Å². The van der Waals surface area contributed by atoms with Gasteiger partial charge in [-0.05, 0) is 26.0 Å². The van der Waals surface area contributed by atoms with Gasteiger partial charge in [0.1, 0.15) is 11.6 Å². The summed E-state index contributed by atoms with van der Waals surface area (Å²) >= 11 is 5.41. The molecule has 0 atom stereocenters. The van der Waals surface area contributed by atoms with Crippen molar-refractivity contribution in [3.8, 4) is 11.8 Å². The number of halogens is 1. The van der Waals surface area contributed by atoms with Crippen LogP contribution in [0.25, 0.3) is 0 Å². The fourth-order valence-electron chi connectivity index (χ4n) is 1.23. The summed E-state index contributed by atoms with van der Waals surface area (Å²) in [5, 5.41) is 11.4. The molecule has 0 radical (unpaired) electrons. The Morgan fingerprint density at radius 3 is 2.82 bits per heavy atom. The van der Waals surface area contributed by atoms with Crippen molar-refractivity contribution in [3.63, 3.8) is 0 Å². The molecule has 0 saturated carbocycles. The van der Waals surface area contributed by atoms with Crippen molar-refractivity contribution >= 4 is 23.2 Å². The molecule has 17 heavy (non-hydrogen) atoms. The lowest BCUT2D eigenvalue weighted by atomic mass is 10.2. The van der Waals surface area contributed by atoms with Crippen LogP contribution >= 0.6 is 11.6 Å². The van der Waals surface area contributed by atoms with Crippen LogP contribution in [0.4, 0.5) is 5.69 Å². The number of amides is 1. The number of alkyl halides is 1. The monoisotopic (exact) mass is 252 g/mol. The van der Waals surface area contributed by atoms with Gasteiger partial charge in [0.2, 0.25) is 5.91 Å². The Morgan fingerprint density at radius 2 is 2.29 bits per heavy atom. The van der Waals surface area contributed by atoms with Crippen LogP contribution in [0.15, 0.2) is 18.2 Å². The molecule has 0 aliphatic rings. The fraction of sp³-hybridized carbons (Fsp3) is 0.333. The summed E-state index contributed by atoms with van der Waals surface area (Å²) in [6.45, 7) is 3.73. The second kappa shape index (κ2) is 6.12. The Balaban J connectivity index is 3.02. The first-order valence-corrected chi connectivity index (χ1v) is 5.67.